The molecule has 5 nitrogen and oxygen atoms in total. The maximum absolute atomic E-state index is 13.6. The van der Waals surface area contributed by atoms with Gasteiger partial charge in [-0.15, -0.1) is 0 Å². The van der Waals surface area contributed by atoms with Crippen LogP contribution >= 0.6 is 11.6 Å². The number of nitrogens with one attached hydrogen (secondary N) is 1. The SMILES string of the molecule is CN(c1cc(C(F)(F)F)nc2ccc(Cl)cc12)C1CCC(NC(=O)c2cccc3c2CN(Cc2ccccc2)C3)CC1. The highest BCUT2D eigenvalue weighted by molar-refractivity contribution is 6.31. The number of carbonyl (C=O) groups excluding carboxylic acids is 1. The third kappa shape index (κ3) is 5.96. The van der Waals surface area contributed by atoms with E-state index in [-0.39, 0.29) is 23.5 Å². The Labute approximate surface area is 248 Å². The highest BCUT2D eigenvalue weighted by Crippen LogP contribution is 2.37. The Morgan fingerprint density at radius 2 is 1.76 bits per heavy atom. The minimum Gasteiger partial charge on any atom is -0.371 e. The number of carbonyl (C=O) groups is 1. The molecule has 42 heavy (non-hydrogen) atoms. The lowest BCUT2D eigenvalue weighted by Crippen LogP contribution is -2.43. The van der Waals surface area contributed by atoms with Crippen molar-refractivity contribution in [3.8, 4) is 0 Å². The van der Waals surface area contributed by atoms with Crippen LogP contribution in [0.25, 0.3) is 10.9 Å². The lowest BCUT2D eigenvalue weighted by molar-refractivity contribution is -0.140. The maximum atomic E-state index is 13.6. The van der Waals surface area contributed by atoms with Crippen LogP contribution in [0.15, 0.2) is 72.8 Å². The van der Waals surface area contributed by atoms with Crippen molar-refractivity contribution < 1.29 is 18.0 Å². The Balaban J connectivity index is 1.11. The highest BCUT2D eigenvalue weighted by atomic mass is 35.5. The van der Waals surface area contributed by atoms with E-state index in [4.69, 9.17) is 11.6 Å². The van der Waals surface area contributed by atoms with Gasteiger partial charge in [0.2, 0.25) is 0 Å². The van der Waals surface area contributed by atoms with E-state index >= 15 is 0 Å². The Morgan fingerprint density at radius 3 is 2.50 bits per heavy atom. The summed E-state index contributed by atoms with van der Waals surface area (Å²) in [6, 6.07) is 22.2. The summed E-state index contributed by atoms with van der Waals surface area (Å²) in [5.41, 5.74) is 4.04. The fourth-order valence-corrected chi connectivity index (χ4v) is 6.51. The second-order valence-electron chi connectivity index (χ2n) is 11.3. The van der Waals surface area contributed by atoms with E-state index in [1.54, 1.807) is 12.1 Å². The summed E-state index contributed by atoms with van der Waals surface area (Å²) in [6.45, 7) is 2.38. The first-order valence-electron chi connectivity index (χ1n) is 14.2. The lowest BCUT2D eigenvalue weighted by Gasteiger charge is -2.37. The second-order valence-corrected chi connectivity index (χ2v) is 11.8. The first kappa shape index (κ1) is 28.5. The third-order valence-electron chi connectivity index (χ3n) is 8.54. The van der Waals surface area contributed by atoms with Crippen molar-refractivity contribution in [3.63, 3.8) is 0 Å². The minimum atomic E-state index is -4.55. The first-order chi connectivity index (χ1) is 20.2. The summed E-state index contributed by atoms with van der Waals surface area (Å²) in [6.07, 6.45) is -1.59. The van der Waals surface area contributed by atoms with Crippen LogP contribution in [0.4, 0.5) is 18.9 Å². The van der Waals surface area contributed by atoms with Gasteiger partial charge in [0.1, 0.15) is 5.69 Å². The van der Waals surface area contributed by atoms with Crippen LogP contribution in [0.3, 0.4) is 0 Å². The average Bonchev–Trinajstić information content (AvgIpc) is 3.39. The molecule has 0 saturated heterocycles. The zero-order chi connectivity index (χ0) is 29.4. The van der Waals surface area contributed by atoms with Crippen molar-refractivity contribution in [1.29, 1.82) is 0 Å². The van der Waals surface area contributed by atoms with Crippen molar-refractivity contribution in [1.82, 2.24) is 15.2 Å². The van der Waals surface area contributed by atoms with Crippen LogP contribution in [0.2, 0.25) is 5.02 Å². The molecule has 0 spiro atoms. The number of amides is 1. The number of alkyl halides is 3. The van der Waals surface area contributed by atoms with E-state index in [9.17, 15) is 18.0 Å². The number of aromatic nitrogens is 1. The van der Waals surface area contributed by atoms with Gasteiger partial charge < -0.3 is 10.2 Å². The monoisotopic (exact) mass is 592 g/mol. The molecule has 1 fully saturated rings. The van der Waals surface area contributed by atoms with Crippen LogP contribution in [-0.2, 0) is 25.8 Å². The number of anilines is 1. The van der Waals surface area contributed by atoms with Gasteiger partial charge in [-0.25, -0.2) is 4.98 Å². The van der Waals surface area contributed by atoms with Crippen molar-refractivity contribution in [2.45, 2.75) is 63.6 Å². The summed E-state index contributed by atoms with van der Waals surface area (Å²) >= 11 is 6.20. The molecule has 1 amide bonds. The highest BCUT2D eigenvalue weighted by Gasteiger charge is 2.35. The number of hydrogen-bond donors (Lipinski definition) is 1. The molecule has 1 aliphatic carbocycles. The second kappa shape index (κ2) is 11.6. The zero-order valence-electron chi connectivity index (χ0n) is 23.3. The topological polar surface area (TPSA) is 48.5 Å². The van der Waals surface area contributed by atoms with Gasteiger partial charge in [0.15, 0.2) is 0 Å². The molecule has 1 N–H and O–H groups in total. The zero-order valence-corrected chi connectivity index (χ0v) is 24.1. The number of rotatable bonds is 6. The van der Waals surface area contributed by atoms with Gasteiger partial charge in [-0.1, -0.05) is 54.1 Å². The summed E-state index contributed by atoms with van der Waals surface area (Å²) in [7, 11) is 1.83. The fraction of sp³-hybridized carbons (Fsp3) is 0.333. The predicted octanol–water partition coefficient (Wildman–Crippen LogP) is 7.60. The van der Waals surface area contributed by atoms with Gasteiger partial charge in [-0.3, -0.25) is 9.69 Å². The number of pyridine rings is 1. The number of benzene rings is 3. The Hall–Kier alpha value is -3.62. The van der Waals surface area contributed by atoms with E-state index in [2.05, 4.69) is 33.4 Å². The smallest absolute Gasteiger partial charge is 0.371 e. The molecule has 6 rings (SSSR count). The molecule has 1 saturated carbocycles. The third-order valence-corrected chi connectivity index (χ3v) is 8.78. The number of halogens is 4. The summed E-state index contributed by atoms with van der Waals surface area (Å²) in [5.74, 6) is -0.0604. The largest absolute Gasteiger partial charge is 0.433 e. The van der Waals surface area contributed by atoms with Gasteiger partial charge in [0, 0.05) is 60.4 Å². The van der Waals surface area contributed by atoms with Gasteiger partial charge in [-0.05, 0) is 72.7 Å². The van der Waals surface area contributed by atoms with Crippen LogP contribution in [0.5, 0.6) is 0 Å². The molecular formula is C33H32ClF3N4O. The van der Waals surface area contributed by atoms with Crippen LogP contribution < -0.4 is 10.2 Å². The normalized spacial score (nSPS) is 19.1. The van der Waals surface area contributed by atoms with Gasteiger partial charge in [-0.2, -0.15) is 13.2 Å². The van der Waals surface area contributed by atoms with E-state index in [0.29, 0.717) is 16.1 Å². The molecule has 3 aromatic carbocycles. The van der Waals surface area contributed by atoms with E-state index < -0.39 is 11.9 Å². The van der Waals surface area contributed by atoms with Crippen molar-refractivity contribution in [2.24, 2.45) is 0 Å². The number of nitrogens with zero attached hydrogens (tertiary/aromatic N) is 3. The molecule has 0 unspecified atom stereocenters. The van der Waals surface area contributed by atoms with Gasteiger partial charge in [0.25, 0.3) is 5.91 Å². The average molecular weight is 593 g/mol. The molecular weight excluding hydrogens is 561 g/mol. The molecule has 1 aliphatic heterocycles. The van der Waals surface area contributed by atoms with Gasteiger partial charge in [0.05, 0.1) is 5.52 Å². The number of fused-ring (bicyclic) bond motifs is 2. The molecule has 218 valence electrons. The van der Waals surface area contributed by atoms with Crippen LogP contribution in [0, 0.1) is 0 Å². The van der Waals surface area contributed by atoms with Crippen molar-refractivity contribution >= 4 is 34.1 Å². The van der Waals surface area contributed by atoms with Gasteiger partial charge >= 0.3 is 6.18 Å². The molecule has 2 heterocycles. The molecule has 0 bridgehead atoms. The van der Waals surface area contributed by atoms with Crippen molar-refractivity contribution in [2.75, 3.05) is 11.9 Å². The Morgan fingerprint density at radius 1 is 1.00 bits per heavy atom. The van der Waals surface area contributed by atoms with Crippen LogP contribution in [0.1, 0.15) is 58.4 Å². The lowest BCUT2D eigenvalue weighted by atomic mass is 9.89. The molecule has 1 aromatic heterocycles. The minimum absolute atomic E-state index is 0.00851. The molecule has 4 aromatic rings. The Kier molecular flexibility index (Phi) is 7.85. The van der Waals surface area contributed by atoms with E-state index in [1.165, 1.54) is 17.2 Å². The standard InChI is InChI=1S/C33H32ClF3N4O/c1-40(30-17-31(33(35,36)37)39-29-15-10-23(34)16-27(29)30)25-13-11-24(12-14-25)38-32(42)26-9-5-8-22-19-41(20-28(22)26)18-21-6-3-2-4-7-21/h2-10,15-17,24-25H,11-14,18-20H2,1H3,(H,38,42). The fourth-order valence-electron chi connectivity index (χ4n) is 6.34. The van der Waals surface area contributed by atoms with Crippen molar-refractivity contribution in [3.05, 3.63) is 106 Å². The molecule has 9 heteroatoms. The van der Waals surface area contributed by atoms with E-state index in [1.807, 2.05) is 42.3 Å². The Bertz CT molecular complexity index is 1600. The van der Waals surface area contributed by atoms with E-state index in [0.717, 1.165) is 62.5 Å². The van der Waals surface area contributed by atoms with Crippen LogP contribution in [-0.4, -0.2) is 34.9 Å². The molecule has 2 aliphatic rings. The number of hydrogen-bond acceptors (Lipinski definition) is 4. The molecule has 0 radical (unpaired) electrons. The predicted molar refractivity (Wildman–Crippen MR) is 160 cm³/mol. The summed E-state index contributed by atoms with van der Waals surface area (Å²) in [4.78, 5) is 21.5. The quantitative estimate of drug-likeness (QED) is 0.250. The first-order valence-corrected chi connectivity index (χ1v) is 14.6. The maximum Gasteiger partial charge on any atom is 0.433 e. The summed E-state index contributed by atoms with van der Waals surface area (Å²) in [5, 5.41) is 4.28. The summed E-state index contributed by atoms with van der Waals surface area (Å²) < 4.78 is 40.9. The molecule has 0 atom stereocenters.